The summed E-state index contributed by atoms with van der Waals surface area (Å²) >= 11 is 1.35. The zero-order valence-electron chi connectivity index (χ0n) is 20.5. The summed E-state index contributed by atoms with van der Waals surface area (Å²) in [5.74, 6) is -2.07. The molecule has 1 fully saturated rings. The van der Waals surface area contributed by atoms with Crippen LogP contribution in [0.4, 0.5) is 14.5 Å². The Morgan fingerprint density at radius 2 is 2.03 bits per heavy atom. The van der Waals surface area contributed by atoms with Crippen molar-refractivity contribution in [2.75, 3.05) is 12.1 Å². The van der Waals surface area contributed by atoms with E-state index < -0.39 is 33.1 Å². The van der Waals surface area contributed by atoms with Crippen molar-refractivity contribution in [2.45, 2.75) is 50.3 Å². The largest absolute Gasteiger partial charge is 0.370 e. The van der Waals surface area contributed by atoms with Gasteiger partial charge >= 0.3 is 8.60 Å². The highest BCUT2D eigenvalue weighted by Gasteiger charge is 2.27. The van der Waals surface area contributed by atoms with Crippen LogP contribution in [0, 0.1) is 11.8 Å². The molecule has 1 aliphatic carbocycles. The van der Waals surface area contributed by atoms with E-state index in [-0.39, 0.29) is 40.9 Å². The molecule has 1 amide bonds. The molecule has 4 N–H and O–H groups in total. The number of hydrogen-bond acceptors (Lipinski definition) is 10. The Kier molecular flexibility index (Phi) is 8.85. The molecule has 39 heavy (non-hydrogen) atoms. The Labute approximate surface area is 227 Å². The highest BCUT2D eigenvalue weighted by Crippen LogP contribution is 2.37. The predicted molar refractivity (Wildman–Crippen MR) is 138 cm³/mol. The van der Waals surface area contributed by atoms with Crippen LogP contribution < -0.4 is 10.6 Å². The Balaban J connectivity index is 1.28. The number of nitrogens with zero attached hydrogens (tertiary/aromatic N) is 5. The molecule has 0 radical (unpaired) electrons. The minimum Gasteiger partial charge on any atom is -0.370 e. The van der Waals surface area contributed by atoms with Gasteiger partial charge in [-0.2, -0.15) is 14.6 Å². The van der Waals surface area contributed by atoms with E-state index >= 15 is 0 Å². The first-order chi connectivity index (χ1) is 18.9. The van der Waals surface area contributed by atoms with Crippen LogP contribution in [0.2, 0.25) is 0 Å². The number of anilines is 1. The average Bonchev–Trinajstić information content (AvgIpc) is 3.69. The van der Waals surface area contributed by atoms with Crippen molar-refractivity contribution in [3.63, 3.8) is 0 Å². The van der Waals surface area contributed by atoms with Crippen LogP contribution in [0.5, 0.6) is 0 Å². The molecule has 0 saturated heterocycles. The first kappa shape index (κ1) is 27.6. The van der Waals surface area contributed by atoms with E-state index in [0.29, 0.717) is 0 Å². The van der Waals surface area contributed by atoms with Gasteiger partial charge in [-0.1, -0.05) is 19.3 Å². The number of thioether (sulfide) groups is 1. The second kappa shape index (κ2) is 12.5. The van der Waals surface area contributed by atoms with E-state index in [0.717, 1.165) is 49.8 Å². The number of halogens is 2. The zero-order chi connectivity index (χ0) is 27.4. The molecule has 208 valence electrons. The van der Waals surface area contributed by atoms with Gasteiger partial charge in [-0.3, -0.25) is 18.5 Å². The zero-order valence-corrected chi connectivity index (χ0v) is 22.2. The quantitative estimate of drug-likeness (QED) is 0.158. The summed E-state index contributed by atoms with van der Waals surface area (Å²) in [6.45, 7) is -0.763. The number of carbonyl (C=O) groups excluding carboxylic acids is 1. The van der Waals surface area contributed by atoms with Crippen LogP contribution in [0.15, 0.2) is 41.8 Å². The van der Waals surface area contributed by atoms with Gasteiger partial charge in [-0.15, -0.1) is 11.8 Å². The van der Waals surface area contributed by atoms with E-state index in [9.17, 15) is 18.5 Å². The van der Waals surface area contributed by atoms with Crippen LogP contribution >= 0.6 is 20.4 Å². The standard InChI is InChI=1S/C23H26F2N7O5PS/c24-16-6-7-19(25)29-20(16)21-17(10-32(30-21)15-4-2-1-3-5-15)27-22(34)18-11-39-23(28-18)14-8-26-31(9-14)12-36-38(35)37-13-33/h6-11,15,23,28,33,35H,1-5,12-13H2,(H,27,34). The topological polar surface area (TPSA) is 149 Å². The van der Waals surface area contributed by atoms with Gasteiger partial charge < -0.3 is 20.6 Å². The molecule has 2 unspecified atom stereocenters. The van der Waals surface area contributed by atoms with Gasteiger partial charge in [-0.05, 0) is 25.0 Å². The SMILES string of the molecule is O=C(Nc1cn(C2CCCCC2)nc1-c1nc(F)ccc1F)C1=CSC(c2cnn(COP(O)OCO)c2)N1. The molecule has 0 aromatic carbocycles. The van der Waals surface area contributed by atoms with E-state index in [2.05, 4.69) is 30.3 Å². The van der Waals surface area contributed by atoms with E-state index in [1.54, 1.807) is 28.7 Å². The number of hydrogen-bond donors (Lipinski definition) is 4. The summed E-state index contributed by atoms with van der Waals surface area (Å²) in [6, 6.07) is 2.01. The number of carbonyl (C=O) groups is 1. The van der Waals surface area contributed by atoms with Gasteiger partial charge in [-0.25, -0.2) is 14.1 Å². The van der Waals surface area contributed by atoms with Gasteiger partial charge in [0.25, 0.3) is 5.91 Å². The molecule has 0 bridgehead atoms. The number of nitrogens with one attached hydrogen (secondary N) is 2. The molecule has 3 aromatic rings. The molecule has 0 spiro atoms. The number of pyridine rings is 1. The molecule has 3 aromatic heterocycles. The maximum absolute atomic E-state index is 14.6. The van der Waals surface area contributed by atoms with Crippen molar-refractivity contribution in [1.82, 2.24) is 29.9 Å². The van der Waals surface area contributed by atoms with Gasteiger partial charge in [0.2, 0.25) is 5.95 Å². The number of amides is 1. The van der Waals surface area contributed by atoms with Crippen molar-refractivity contribution in [3.05, 3.63) is 59.2 Å². The van der Waals surface area contributed by atoms with Crippen molar-refractivity contribution in [2.24, 2.45) is 0 Å². The van der Waals surface area contributed by atoms with Crippen molar-refractivity contribution in [1.29, 1.82) is 0 Å². The van der Waals surface area contributed by atoms with Crippen molar-refractivity contribution >= 4 is 32.0 Å². The first-order valence-corrected chi connectivity index (χ1v) is 14.2. The molecule has 1 aliphatic heterocycles. The summed E-state index contributed by atoms with van der Waals surface area (Å²) in [5, 5.41) is 24.5. The fourth-order valence-electron chi connectivity index (χ4n) is 4.37. The highest BCUT2D eigenvalue weighted by atomic mass is 32.2. The number of aliphatic hydroxyl groups excluding tert-OH is 1. The highest BCUT2D eigenvalue weighted by molar-refractivity contribution is 8.02. The Morgan fingerprint density at radius 3 is 2.82 bits per heavy atom. The first-order valence-electron chi connectivity index (χ1n) is 12.1. The molecule has 2 aliphatic rings. The molecule has 2 atom stereocenters. The minimum absolute atomic E-state index is 0.0593. The molecule has 5 rings (SSSR count). The number of rotatable bonds is 10. The summed E-state index contributed by atoms with van der Waals surface area (Å²) < 4.78 is 41.3. The average molecular weight is 582 g/mol. The van der Waals surface area contributed by atoms with Crippen molar-refractivity contribution in [3.8, 4) is 11.4 Å². The number of aromatic nitrogens is 5. The predicted octanol–water partition coefficient (Wildman–Crippen LogP) is 3.90. The Hall–Kier alpha value is -2.94. The molecule has 12 nitrogen and oxygen atoms in total. The second-order valence-electron chi connectivity index (χ2n) is 8.84. The molecule has 1 saturated carbocycles. The van der Waals surface area contributed by atoms with Crippen LogP contribution in [0.3, 0.4) is 0 Å². The van der Waals surface area contributed by atoms with Crippen LogP contribution in [0.1, 0.15) is 49.1 Å². The smallest absolute Gasteiger partial charge is 0.333 e. The lowest BCUT2D eigenvalue weighted by molar-refractivity contribution is -0.113. The fourth-order valence-corrected chi connectivity index (χ4v) is 5.68. The second-order valence-corrected chi connectivity index (χ2v) is 10.8. The van der Waals surface area contributed by atoms with E-state index in [4.69, 9.17) is 9.63 Å². The third kappa shape index (κ3) is 6.62. The Morgan fingerprint density at radius 1 is 1.21 bits per heavy atom. The Bertz CT molecular complexity index is 1350. The molecular weight excluding hydrogens is 555 g/mol. The van der Waals surface area contributed by atoms with E-state index in [1.165, 1.54) is 16.4 Å². The normalized spacial score (nSPS) is 18.6. The lowest BCUT2D eigenvalue weighted by Gasteiger charge is -2.21. The minimum atomic E-state index is -2.22. The number of aliphatic hydroxyl groups is 1. The molecule has 4 heterocycles. The summed E-state index contributed by atoms with van der Waals surface area (Å²) in [5.41, 5.74) is 1.03. The third-order valence-electron chi connectivity index (χ3n) is 6.24. The van der Waals surface area contributed by atoms with E-state index in [1.807, 2.05) is 0 Å². The lowest BCUT2D eigenvalue weighted by atomic mass is 9.96. The van der Waals surface area contributed by atoms with Gasteiger partial charge in [0, 0.05) is 23.4 Å². The van der Waals surface area contributed by atoms with Crippen LogP contribution in [0.25, 0.3) is 11.4 Å². The van der Waals surface area contributed by atoms with Crippen LogP contribution in [-0.4, -0.2) is 47.2 Å². The fraction of sp³-hybridized carbons (Fsp3) is 0.391. The monoisotopic (exact) mass is 581 g/mol. The summed E-state index contributed by atoms with van der Waals surface area (Å²) in [4.78, 5) is 26.3. The molecule has 16 heteroatoms. The van der Waals surface area contributed by atoms with Gasteiger partial charge in [0.1, 0.15) is 29.2 Å². The van der Waals surface area contributed by atoms with Gasteiger partial charge in [0.15, 0.2) is 12.6 Å². The third-order valence-corrected chi connectivity index (χ3v) is 7.95. The molecular formula is C23H26F2N7O5PS. The lowest BCUT2D eigenvalue weighted by Crippen LogP contribution is -2.24. The van der Waals surface area contributed by atoms with Crippen LogP contribution in [-0.2, 0) is 20.6 Å². The van der Waals surface area contributed by atoms with Crippen molar-refractivity contribution < 1.29 is 32.6 Å². The van der Waals surface area contributed by atoms with Gasteiger partial charge in [0.05, 0.1) is 17.9 Å². The maximum Gasteiger partial charge on any atom is 0.333 e. The summed E-state index contributed by atoms with van der Waals surface area (Å²) in [7, 11) is -2.22. The maximum atomic E-state index is 14.6. The summed E-state index contributed by atoms with van der Waals surface area (Å²) in [6.07, 6.45) is 9.95.